The van der Waals surface area contributed by atoms with E-state index in [0.29, 0.717) is 0 Å². The fraction of sp³-hybridized carbons (Fsp3) is 0.600. The van der Waals surface area contributed by atoms with Crippen LogP contribution in [0.4, 0.5) is 0 Å². The second-order valence-corrected chi connectivity index (χ2v) is 8.01. The summed E-state index contributed by atoms with van der Waals surface area (Å²) in [4.78, 5) is 0. The number of benzene rings is 1. The van der Waals surface area contributed by atoms with Gasteiger partial charge in [-0.2, -0.15) is 0 Å². The molecule has 0 aliphatic rings. The van der Waals surface area contributed by atoms with Gasteiger partial charge in [-0.05, 0) is 50.1 Å². The van der Waals surface area contributed by atoms with Crippen LogP contribution in [0.3, 0.4) is 0 Å². The van der Waals surface area contributed by atoms with Gasteiger partial charge in [0.25, 0.3) is 0 Å². The summed E-state index contributed by atoms with van der Waals surface area (Å²) in [5.41, 5.74) is 0. The zero-order valence-electron chi connectivity index (χ0n) is 12.9. The lowest BCUT2D eigenvalue weighted by atomic mass is 10.3. The van der Waals surface area contributed by atoms with Gasteiger partial charge in [-0.15, -0.1) is 0 Å². The van der Waals surface area contributed by atoms with Gasteiger partial charge in [0.1, 0.15) is 11.5 Å². The monoisotopic (exact) mass is 312 g/mol. The molecule has 0 amide bonds. The highest BCUT2D eigenvalue weighted by molar-refractivity contribution is 6.33. The third-order valence-electron chi connectivity index (χ3n) is 3.00. The molecule has 0 radical (unpaired) electrons. The van der Waals surface area contributed by atoms with Crippen molar-refractivity contribution in [1.29, 1.82) is 0 Å². The molecular formula is C15H28O3Si2. The van der Waals surface area contributed by atoms with Crippen molar-refractivity contribution in [3.8, 4) is 11.5 Å². The predicted molar refractivity (Wildman–Crippen MR) is 90.9 cm³/mol. The topological polar surface area (TPSA) is 27.7 Å². The van der Waals surface area contributed by atoms with Crippen molar-refractivity contribution >= 4 is 19.3 Å². The first-order valence-corrected chi connectivity index (χ1v) is 11.8. The molecule has 0 heterocycles. The molecule has 0 aromatic heterocycles. The Morgan fingerprint density at radius 1 is 0.900 bits per heavy atom. The first-order valence-electron chi connectivity index (χ1n) is 7.80. The van der Waals surface area contributed by atoms with Crippen molar-refractivity contribution in [2.24, 2.45) is 0 Å². The average Bonchev–Trinajstić information content (AvgIpc) is 2.49. The molecule has 0 N–H and O–H groups in total. The Balaban J connectivity index is 2.12. The van der Waals surface area contributed by atoms with Gasteiger partial charge in [0.15, 0.2) is 9.76 Å². The second kappa shape index (κ2) is 12.0. The van der Waals surface area contributed by atoms with Crippen LogP contribution in [-0.2, 0) is 4.43 Å². The Labute approximate surface area is 127 Å². The lowest BCUT2D eigenvalue weighted by molar-refractivity contribution is 0.305. The lowest BCUT2D eigenvalue weighted by Gasteiger charge is -2.08. The quantitative estimate of drug-likeness (QED) is 0.438. The summed E-state index contributed by atoms with van der Waals surface area (Å²) in [5.74, 6) is 1.87. The van der Waals surface area contributed by atoms with Crippen molar-refractivity contribution in [3.63, 3.8) is 0 Å². The van der Waals surface area contributed by atoms with Crippen LogP contribution >= 0.6 is 0 Å². The van der Waals surface area contributed by atoms with E-state index in [2.05, 4.69) is 13.5 Å². The van der Waals surface area contributed by atoms with Gasteiger partial charge in [-0.25, -0.2) is 0 Å². The summed E-state index contributed by atoms with van der Waals surface area (Å²) >= 11 is 0. The number of hydrogen-bond acceptors (Lipinski definition) is 3. The van der Waals surface area contributed by atoms with E-state index in [0.717, 1.165) is 37.7 Å². The molecule has 0 bridgehead atoms. The van der Waals surface area contributed by atoms with E-state index in [1.807, 2.05) is 24.3 Å². The molecule has 0 aliphatic carbocycles. The third-order valence-corrected chi connectivity index (χ3v) is 5.69. The molecule has 1 aromatic rings. The Bertz CT molecular complexity index is 330. The fourth-order valence-electron chi connectivity index (χ4n) is 1.81. The largest absolute Gasteiger partial charge is 0.494 e. The smallest absolute Gasteiger partial charge is 0.161 e. The lowest BCUT2D eigenvalue weighted by Crippen LogP contribution is -2.02. The highest BCUT2D eigenvalue weighted by Gasteiger charge is 1.97. The van der Waals surface area contributed by atoms with E-state index in [1.165, 1.54) is 18.5 Å². The van der Waals surface area contributed by atoms with Crippen LogP contribution in [0.15, 0.2) is 24.3 Å². The van der Waals surface area contributed by atoms with Crippen LogP contribution in [-0.4, -0.2) is 39.1 Å². The molecule has 0 aliphatic heterocycles. The molecule has 0 saturated carbocycles. The van der Waals surface area contributed by atoms with E-state index in [9.17, 15) is 0 Å². The Morgan fingerprint density at radius 2 is 1.45 bits per heavy atom. The summed E-state index contributed by atoms with van der Waals surface area (Å²) < 4.78 is 16.8. The second-order valence-electron chi connectivity index (χ2n) is 4.78. The number of ether oxygens (including phenoxy) is 2. The highest BCUT2D eigenvalue weighted by Crippen LogP contribution is 2.18. The summed E-state index contributed by atoms with van der Waals surface area (Å²) in [5, 5.41) is 0. The van der Waals surface area contributed by atoms with Crippen LogP contribution in [0.1, 0.15) is 19.8 Å². The van der Waals surface area contributed by atoms with E-state index in [1.54, 1.807) is 0 Å². The normalized spacial score (nSPS) is 11.7. The molecule has 20 heavy (non-hydrogen) atoms. The SMILES string of the molecule is CCO[SiH2]CCCOc1ccc(OCCC[SiH2]C)cc1. The van der Waals surface area contributed by atoms with E-state index >= 15 is 0 Å². The molecule has 0 unspecified atom stereocenters. The van der Waals surface area contributed by atoms with Crippen molar-refractivity contribution in [2.45, 2.75) is 38.4 Å². The van der Waals surface area contributed by atoms with E-state index < -0.39 is 0 Å². The molecule has 0 atom stereocenters. The Kier molecular flexibility index (Phi) is 10.4. The van der Waals surface area contributed by atoms with Crippen molar-refractivity contribution in [3.05, 3.63) is 24.3 Å². The highest BCUT2D eigenvalue weighted by atomic mass is 28.2. The average molecular weight is 313 g/mol. The summed E-state index contributed by atoms with van der Waals surface area (Å²) in [6, 6.07) is 10.5. The fourth-order valence-corrected chi connectivity index (χ4v) is 3.42. The molecule has 5 heteroatoms. The standard InChI is InChI=1S/C15H28O3Si2/c1-3-18-20-13-5-11-17-15-8-6-14(7-9-15)16-10-4-12-19-2/h6-9H,3-5,10-13,19-20H2,1-2H3. The van der Waals surface area contributed by atoms with Gasteiger partial charge in [-0.3, -0.25) is 0 Å². The van der Waals surface area contributed by atoms with Crippen LogP contribution in [0.2, 0.25) is 18.6 Å². The van der Waals surface area contributed by atoms with Crippen LogP contribution in [0.5, 0.6) is 11.5 Å². The molecule has 114 valence electrons. The first-order chi connectivity index (χ1) is 9.86. The predicted octanol–water partition coefficient (Wildman–Crippen LogP) is 2.40. The van der Waals surface area contributed by atoms with Crippen LogP contribution in [0, 0.1) is 0 Å². The number of rotatable bonds is 12. The molecular weight excluding hydrogens is 284 g/mol. The van der Waals surface area contributed by atoms with Crippen molar-refractivity contribution < 1.29 is 13.9 Å². The van der Waals surface area contributed by atoms with Gasteiger partial charge < -0.3 is 13.9 Å². The first kappa shape index (κ1) is 17.3. The maximum absolute atomic E-state index is 5.70. The van der Waals surface area contributed by atoms with Crippen molar-refractivity contribution in [1.82, 2.24) is 0 Å². The Morgan fingerprint density at radius 3 is 1.95 bits per heavy atom. The van der Waals surface area contributed by atoms with Gasteiger partial charge in [0, 0.05) is 16.1 Å². The minimum atomic E-state index is -0.307. The van der Waals surface area contributed by atoms with E-state index in [4.69, 9.17) is 13.9 Å². The molecule has 3 nitrogen and oxygen atoms in total. The molecule has 0 spiro atoms. The number of hydrogen-bond donors (Lipinski definition) is 0. The Hall–Kier alpha value is -0.786. The van der Waals surface area contributed by atoms with Crippen molar-refractivity contribution in [2.75, 3.05) is 19.8 Å². The summed E-state index contributed by atoms with van der Waals surface area (Å²) in [7, 11) is -0.123. The van der Waals surface area contributed by atoms with Gasteiger partial charge in [0.05, 0.1) is 13.2 Å². The van der Waals surface area contributed by atoms with E-state index in [-0.39, 0.29) is 19.3 Å². The van der Waals surface area contributed by atoms with Gasteiger partial charge in [-0.1, -0.05) is 12.6 Å². The molecule has 0 saturated heterocycles. The third kappa shape index (κ3) is 8.40. The molecule has 1 rings (SSSR count). The summed E-state index contributed by atoms with van der Waals surface area (Å²) in [6.07, 6.45) is 2.27. The molecule has 0 fully saturated rings. The van der Waals surface area contributed by atoms with Crippen LogP contribution in [0.25, 0.3) is 0 Å². The van der Waals surface area contributed by atoms with Gasteiger partial charge >= 0.3 is 0 Å². The summed E-state index contributed by atoms with van der Waals surface area (Å²) in [6.45, 7) is 6.86. The maximum atomic E-state index is 5.70. The maximum Gasteiger partial charge on any atom is 0.161 e. The minimum absolute atomic E-state index is 0.183. The van der Waals surface area contributed by atoms with Gasteiger partial charge in [0.2, 0.25) is 0 Å². The zero-order valence-corrected chi connectivity index (χ0v) is 15.7. The molecule has 1 aromatic carbocycles. The van der Waals surface area contributed by atoms with Crippen LogP contribution < -0.4 is 9.47 Å². The zero-order chi connectivity index (χ0) is 14.5. The minimum Gasteiger partial charge on any atom is -0.494 e.